The fraction of sp³-hybridized carbons (Fsp3) is 0.412. The van der Waals surface area contributed by atoms with E-state index in [1.54, 1.807) is 0 Å². The van der Waals surface area contributed by atoms with E-state index in [0.29, 0.717) is 18.3 Å². The van der Waals surface area contributed by atoms with Gasteiger partial charge in [-0.25, -0.2) is 0 Å². The molecule has 1 aromatic carbocycles. The van der Waals surface area contributed by atoms with Crippen molar-refractivity contribution >= 4 is 0 Å². The molecule has 0 bridgehead atoms. The van der Waals surface area contributed by atoms with Gasteiger partial charge in [-0.1, -0.05) is 55.4 Å². The SMILES string of the molecule is C=C(C)CN(CC)Cc1nc(-c2ccc(CC)cc2)no1. The minimum absolute atomic E-state index is 0.646. The lowest BCUT2D eigenvalue weighted by atomic mass is 10.1. The predicted octanol–water partition coefficient (Wildman–Crippen LogP) is 3.70. The van der Waals surface area contributed by atoms with Crippen molar-refractivity contribution in [2.45, 2.75) is 33.7 Å². The first-order valence-electron chi connectivity index (χ1n) is 7.41. The van der Waals surface area contributed by atoms with Crippen molar-refractivity contribution in [1.82, 2.24) is 15.0 Å². The number of aryl methyl sites for hydroxylation is 1. The maximum Gasteiger partial charge on any atom is 0.241 e. The highest BCUT2D eigenvalue weighted by Crippen LogP contribution is 2.17. The number of hydrogen-bond donors (Lipinski definition) is 0. The molecule has 0 aliphatic heterocycles. The first-order valence-corrected chi connectivity index (χ1v) is 7.41. The smallest absolute Gasteiger partial charge is 0.241 e. The third kappa shape index (κ3) is 4.26. The van der Waals surface area contributed by atoms with Crippen LogP contribution in [0.4, 0.5) is 0 Å². The molecule has 0 amide bonds. The Morgan fingerprint density at radius 2 is 1.95 bits per heavy atom. The largest absolute Gasteiger partial charge is 0.338 e. The summed E-state index contributed by atoms with van der Waals surface area (Å²) in [4.78, 5) is 6.70. The van der Waals surface area contributed by atoms with Gasteiger partial charge in [-0.05, 0) is 25.5 Å². The van der Waals surface area contributed by atoms with Crippen LogP contribution < -0.4 is 0 Å². The van der Waals surface area contributed by atoms with Crippen LogP contribution in [0.5, 0.6) is 0 Å². The van der Waals surface area contributed by atoms with Gasteiger partial charge in [0.15, 0.2) is 0 Å². The van der Waals surface area contributed by atoms with E-state index in [1.807, 2.05) is 19.1 Å². The molecule has 0 atom stereocenters. The van der Waals surface area contributed by atoms with Crippen LogP contribution in [0.15, 0.2) is 40.9 Å². The van der Waals surface area contributed by atoms with E-state index in [0.717, 1.165) is 30.6 Å². The molecule has 0 aliphatic rings. The summed E-state index contributed by atoms with van der Waals surface area (Å²) in [5.74, 6) is 1.30. The highest BCUT2D eigenvalue weighted by Gasteiger charge is 2.12. The van der Waals surface area contributed by atoms with Gasteiger partial charge in [-0.15, -0.1) is 0 Å². The van der Waals surface area contributed by atoms with E-state index >= 15 is 0 Å². The zero-order chi connectivity index (χ0) is 15.2. The summed E-state index contributed by atoms with van der Waals surface area (Å²) in [7, 11) is 0. The van der Waals surface area contributed by atoms with Crippen molar-refractivity contribution in [2.24, 2.45) is 0 Å². The molecule has 0 saturated heterocycles. The van der Waals surface area contributed by atoms with E-state index in [-0.39, 0.29) is 0 Å². The van der Waals surface area contributed by atoms with E-state index in [9.17, 15) is 0 Å². The maximum atomic E-state index is 5.36. The van der Waals surface area contributed by atoms with Crippen molar-refractivity contribution in [3.05, 3.63) is 47.9 Å². The quantitative estimate of drug-likeness (QED) is 0.727. The van der Waals surface area contributed by atoms with Crippen molar-refractivity contribution in [3.8, 4) is 11.4 Å². The van der Waals surface area contributed by atoms with Gasteiger partial charge in [0.1, 0.15) is 0 Å². The van der Waals surface area contributed by atoms with Crippen molar-refractivity contribution in [3.63, 3.8) is 0 Å². The summed E-state index contributed by atoms with van der Waals surface area (Å²) in [5, 5.41) is 4.07. The molecule has 0 spiro atoms. The molecular weight excluding hydrogens is 262 g/mol. The third-order valence-corrected chi connectivity index (χ3v) is 3.39. The molecule has 2 rings (SSSR count). The second-order valence-corrected chi connectivity index (χ2v) is 5.32. The summed E-state index contributed by atoms with van der Waals surface area (Å²) in [6.45, 7) is 12.7. The Labute approximate surface area is 126 Å². The Morgan fingerprint density at radius 1 is 1.24 bits per heavy atom. The lowest BCUT2D eigenvalue weighted by molar-refractivity contribution is 0.252. The van der Waals surface area contributed by atoms with Gasteiger partial charge < -0.3 is 4.52 Å². The molecule has 0 saturated carbocycles. The first kappa shape index (κ1) is 15.4. The number of rotatable bonds is 7. The van der Waals surface area contributed by atoms with E-state index in [4.69, 9.17) is 4.52 Å². The molecule has 0 fully saturated rings. The van der Waals surface area contributed by atoms with Crippen LogP contribution in [0.1, 0.15) is 32.2 Å². The number of nitrogens with zero attached hydrogens (tertiary/aromatic N) is 3. The van der Waals surface area contributed by atoms with Crippen LogP contribution in [0, 0.1) is 0 Å². The Hall–Kier alpha value is -1.94. The van der Waals surface area contributed by atoms with Crippen molar-refractivity contribution in [2.75, 3.05) is 13.1 Å². The number of likely N-dealkylation sites (N-methyl/N-ethyl adjacent to an activating group) is 1. The van der Waals surface area contributed by atoms with Crippen LogP contribution in [-0.2, 0) is 13.0 Å². The summed E-state index contributed by atoms with van der Waals surface area (Å²) in [5.41, 5.74) is 3.43. The predicted molar refractivity (Wildman–Crippen MR) is 84.9 cm³/mol. The molecule has 21 heavy (non-hydrogen) atoms. The summed E-state index contributed by atoms with van der Waals surface area (Å²) in [6.07, 6.45) is 1.03. The second-order valence-electron chi connectivity index (χ2n) is 5.32. The average Bonchev–Trinajstić information content (AvgIpc) is 2.94. The minimum Gasteiger partial charge on any atom is -0.338 e. The molecule has 2 aromatic rings. The molecular formula is C17H23N3O. The zero-order valence-electron chi connectivity index (χ0n) is 13.1. The molecule has 0 unspecified atom stereocenters. The van der Waals surface area contributed by atoms with Crippen molar-refractivity contribution in [1.29, 1.82) is 0 Å². The third-order valence-electron chi connectivity index (χ3n) is 3.39. The van der Waals surface area contributed by atoms with Crippen LogP contribution >= 0.6 is 0 Å². The Kier molecular flexibility index (Phi) is 5.28. The van der Waals surface area contributed by atoms with Crippen LogP contribution in [0.25, 0.3) is 11.4 Å². The Bertz CT molecular complexity index is 586. The summed E-state index contributed by atoms with van der Waals surface area (Å²) < 4.78 is 5.36. The van der Waals surface area contributed by atoms with Gasteiger partial charge in [-0.2, -0.15) is 4.98 Å². The molecule has 0 N–H and O–H groups in total. The standard InChI is InChI=1S/C17H23N3O/c1-5-14-7-9-15(10-8-14)17-18-16(21-19-17)12-20(6-2)11-13(3)4/h7-10H,3,5-6,11-12H2,1-2,4H3. The molecule has 4 nitrogen and oxygen atoms in total. The van der Waals surface area contributed by atoms with Gasteiger partial charge in [0, 0.05) is 12.1 Å². The molecule has 1 aromatic heterocycles. The fourth-order valence-corrected chi connectivity index (χ4v) is 2.18. The molecule has 0 radical (unpaired) electrons. The lowest BCUT2D eigenvalue weighted by Crippen LogP contribution is -2.24. The normalized spacial score (nSPS) is 11.0. The number of hydrogen-bond acceptors (Lipinski definition) is 4. The summed E-state index contributed by atoms with van der Waals surface area (Å²) >= 11 is 0. The monoisotopic (exact) mass is 285 g/mol. The zero-order valence-corrected chi connectivity index (χ0v) is 13.1. The van der Waals surface area contributed by atoms with Gasteiger partial charge in [0.05, 0.1) is 6.54 Å². The molecule has 0 aliphatic carbocycles. The molecule has 4 heteroatoms. The average molecular weight is 285 g/mol. The van der Waals surface area contributed by atoms with Crippen molar-refractivity contribution < 1.29 is 4.52 Å². The first-order chi connectivity index (χ1) is 10.1. The van der Waals surface area contributed by atoms with Crippen LogP contribution in [-0.4, -0.2) is 28.1 Å². The molecule has 1 heterocycles. The highest BCUT2D eigenvalue weighted by atomic mass is 16.5. The highest BCUT2D eigenvalue weighted by molar-refractivity contribution is 5.54. The van der Waals surface area contributed by atoms with E-state index < -0.39 is 0 Å². The van der Waals surface area contributed by atoms with Gasteiger partial charge >= 0.3 is 0 Å². The van der Waals surface area contributed by atoms with Gasteiger partial charge in [0.25, 0.3) is 0 Å². The van der Waals surface area contributed by atoms with E-state index in [2.05, 4.69) is 47.6 Å². The number of aromatic nitrogens is 2. The van der Waals surface area contributed by atoms with Crippen LogP contribution in [0.2, 0.25) is 0 Å². The second kappa shape index (κ2) is 7.18. The Morgan fingerprint density at radius 3 is 2.52 bits per heavy atom. The minimum atomic E-state index is 0.646. The van der Waals surface area contributed by atoms with E-state index in [1.165, 1.54) is 5.56 Å². The maximum absolute atomic E-state index is 5.36. The topological polar surface area (TPSA) is 42.2 Å². The number of benzene rings is 1. The fourth-order valence-electron chi connectivity index (χ4n) is 2.18. The Balaban J connectivity index is 2.07. The molecule has 112 valence electrons. The lowest BCUT2D eigenvalue weighted by Gasteiger charge is -2.17. The van der Waals surface area contributed by atoms with Gasteiger partial charge in [-0.3, -0.25) is 4.90 Å². The van der Waals surface area contributed by atoms with Gasteiger partial charge in [0.2, 0.25) is 11.7 Å². The van der Waals surface area contributed by atoms with Crippen LogP contribution in [0.3, 0.4) is 0 Å². The summed E-state index contributed by atoms with van der Waals surface area (Å²) in [6, 6.07) is 8.29.